The Morgan fingerprint density at radius 2 is 0.714 bits per heavy atom. The van der Waals surface area contributed by atoms with Crippen molar-refractivity contribution in [2.75, 3.05) is 0 Å². The highest BCUT2D eigenvalue weighted by Crippen LogP contribution is 2.52. The predicted molar refractivity (Wildman–Crippen MR) is 36.7 cm³/mol. The first kappa shape index (κ1) is 20.0. The van der Waals surface area contributed by atoms with Gasteiger partial charge in [-0.15, -0.1) is 0 Å². The summed E-state index contributed by atoms with van der Waals surface area (Å²) >= 11 is 0. The average molecular weight is 352 g/mol. The van der Waals surface area contributed by atoms with Crippen LogP contribution in [0.3, 0.4) is 0 Å². The minimum absolute atomic E-state index is 5.68. The highest BCUT2D eigenvalue weighted by molar-refractivity contribution is 5.03. The molecule has 0 aromatic heterocycles. The van der Waals surface area contributed by atoms with Crippen molar-refractivity contribution in [3.63, 3.8) is 0 Å². The van der Waals surface area contributed by atoms with Gasteiger partial charge in [0.1, 0.15) is 0 Å². The number of hydrogen-bond acceptors (Lipinski definition) is 0. The molecule has 0 rings (SSSR count). The molecule has 0 saturated carbocycles. The van der Waals surface area contributed by atoms with Crippen LogP contribution in [-0.2, 0) is 0 Å². The largest absolute Gasteiger partial charge is 0.459 e. The van der Waals surface area contributed by atoms with E-state index < -0.39 is 42.5 Å². The molecule has 0 aromatic rings. The Hall–Kier alpha value is -0.980. The second-order valence-electron chi connectivity index (χ2n) is 3.62. The average Bonchev–Trinajstić information content (AvgIpc) is 2.23. The standard InChI is InChI=1S/C7H2F14/c8-1(2(9)4(12,13)6(16,17)18)3(10,11)5(14,15)7(19,20)21/h1-2H. The van der Waals surface area contributed by atoms with Crippen molar-refractivity contribution >= 4 is 0 Å². The molecule has 0 heterocycles. The molecule has 2 atom stereocenters. The fourth-order valence-corrected chi connectivity index (χ4v) is 0.886. The Kier molecular flexibility index (Phi) is 4.80. The van der Waals surface area contributed by atoms with Gasteiger partial charge in [0.25, 0.3) is 0 Å². The number of alkyl halides is 14. The molecule has 0 amide bonds. The normalized spacial score (nSPS) is 18.6. The molecule has 0 aliphatic rings. The summed E-state index contributed by atoms with van der Waals surface area (Å²) in [4.78, 5) is 0. The molecule has 14 heteroatoms. The predicted octanol–water partition coefficient (Wildman–Crippen LogP) is 4.69. The van der Waals surface area contributed by atoms with E-state index in [1.165, 1.54) is 0 Å². The molecule has 0 N–H and O–H groups in total. The molecule has 0 aliphatic heterocycles. The van der Waals surface area contributed by atoms with E-state index >= 15 is 0 Å². The first-order valence-electron chi connectivity index (χ1n) is 4.36. The van der Waals surface area contributed by atoms with E-state index in [9.17, 15) is 61.5 Å². The monoisotopic (exact) mass is 352 g/mol. The van der Waals surface area contributed by atoms with E-state index in [1.807, 2.05) is 0 Å². The zero-order valence-corrected chi connectivity index (χ0v) is 8.95. The van der Waals surface area contributed by atoms with Crippen LogP contribution in [-0.4, -0.2) is 42.5 Å². The van der Waals surface area contributed by atoms with Crippen LogP contribution in [0, 0.1) is 0 Å². The van der Waals surface area contributed by atoms with Gasteiger partial charge in [0.05, 0.1) is 0 Å². The van der Waals surface area contributed by atoms with Gasteiger partial charge in [-0.25, -0.2) is 8.78 Å². The third-order valence-corrected chi connectivity index (χ3v) is 2.10. The Morgan fingerprint density at radius 3 is 0.952 bits per heavy atom. The van der Waals surface area contributed by atoms with Crippen LogP contribution >= 0.6 is 0 Å². The van der Waals surface area contributed by atoms with Gasteiger partial charge in [-0.1, -0.05) is 0 Å². The summed E-state index contributed by atoms with van der Waals surface area (Å²) < 4.78 is 168. The molecule has 0 spiro atoms. The van der Waals surface area contributed by atoms with Crippen LogP contribution in [0.25, 0.3) is 0 Å². The van der Waals surface area contributed by atoms with E-state index in [1.54, 1.807) is 0 Å². The lowest BCUT2D eigenvalue weighted by atomic mass is 9.98. The summed E-state index contributed by atoms with van der Waals surface area (Å²) in [5.74, 6) is -21.5. The van der Waals surface area contributed by atoms with E-state index in [4.69, 9.17) is 0 Å². The second-order valence-corrected chi connectivity index (χ2v) is 3.62. The zero-order valence-electron chi connectivity index (χ0n) is 8.95. The molecular weight excluding hydrogens is 350 g/mol. The Bertz CT molecular complexity index is 360. The topological polar surface area (TPSA) is 0 Å². The minimum atomic E-state index is -7.37. The van der Waals surface area contributed by atoms with Crippen molar-refractivity contribution in [1.82, 2.24) is 0 Å². The maximum absolute atomic E-state index is 12.5. The molecular formula is C7H2F14. The Balaban J connectivity index is 5.67. The summed E-state index contributed by atoms with van der Waals surface area (Å²) in [7, 11) is 0. The Morgan fingerprint density at radius 1 is 0.429 bits per heavy atom. The third kappa shape index (κ3) is 3.12. The van der Waals surface area contributed by atoms with Gasteiger partial charge in [-0.3, -0.25) is 0 Å². The van der Waals surface area contributed by atoms with E-state index in [2.05, 4.69) is 0 Å². The lowest BCUT2D eigenvalue weighted by Crippen LogP contribution is -2.62. The van der Waals surface area contributed by atoms with Crippen LogP contribution in [0.15, 0.2) is 0 Å². The van der Waals surface area contributed by atoms with E-state index in [-0.39, 0.29) is 0 Å². The second kappa shape index (κ2) is 5.04. The molecule has 2 unspecified atom stereocenters. The molecule has 128 valence electrons. The van der Waals surface area contributed by atoms with Crippen LogP contribution in [0.1, 0.15) is 0 Å². The lowest BCUT2D eigenvalue weighted by molar-refractivity contribution is -0.380. The van der Waals surface area contributed by atoms with Gasteiger partial charge in [-0.05, 0) is 0 Å². The highest BCUT2D eigenvalue weighted by atomic mass is 19.4. The molecule has 0 aromatic carbocycles. The molecule has 0 radical (unpaired) electrons. The van der Waals surface area contributed by atoms with Gasteiger partial charge in [-0.2, -0.15) is 52.7 Å². The van der Waals surface area contributed by atoms with E-state index in [0.29, 0.717) is 0 Å². The number of rotatable bonds is 4. The first-order chi connectivity index (χ1) is 8.82. The highest BCUT2D eigenvalue weighted by Gasteiger charge is 2.80. The number of hydrogen-bond donors (Lipinski definition) is 0. The SMILES string of the molecule is FC(C(F)C(F)(F)C(F)(F)C(F)(F)F)C(F)(F)C(F)(F)F. The summed E-state index contributed by atoms with van der Waals surface area (Å²) in [6.07, 6.45) is -25.7. The van der Waals surface area contributed by atoms with Crippen molar-refractivity contribution in [3.8, 4) is 0 Å². The first-order valence-corrected chi connectivity index (χ1v) is 4.36. The van der Waals surface area contributed by atoms with Crippen LogP contribution < -0.4 is 0 Å². The summed E-state index contributed by atoms with van der Waals surface area (Å²) in [5.41, 5.74) is 0. The third-order valence-electron chi connectivity index (χ3n) is 2.10. The molecule has 0 saturated heterocycles. The van der Waals surface area contributed by atoms with Crippen molar-refractivity contribution in [2.24, 2.45) is 0 Å². The molecule has 0 bridgehead atoms. The van der Waals surface area contributed by atoms with Crippen molar-refractivity contribution in [3.05, 3.63) is 0 Å². The lowest BCUT2D eigenvalue weighted by Gasteiger charge is -2.33. The molecule has 0 fully saturated rings. The van der Waals surface area contributed by atoms with Gasteiger partial charge < -0.3 is 0 Å². The van der Waals surface area contributed by atoms with Gasteiger partial charge in [0.15, 0.2) is 0 Å². The fraction of sp³-hybridized carbons (Fsp3) is 1.00. The van der Waals surface area contributed by atoms with Gasteiger partial charge >= 0.3 is 30.1 Å². The maximum atomic E-state index is 12.5. The van der Waals surface area contributed by atoms with E-state index in [0.717, 1.165) is 0 Å². The van der Waals surface area contributed by atoms with Crippen molar-refractivity contribution in [2.45, 2.75) is 42.5 Å². The van der Waals surface area contributed by atoms with Gasteiger partial charge in [0, 0.05) is 0 Å². The van der Waals surface area contributed by atoms with Gasteiger partial charge in [0.2, 0.25) is 12.3 Å². The molecule has 21 heavy (non-hydrogen) atoms. The van der Waals surface area contributed by atoms with Crippen LogP contribution in [0.4, 0.5) is 61.5 Å². The maximum Gasteiger partial charge on any atom is 0.459 e. The van der Waals surface area contributed by atoms with Crippen LogP contribution in [0.5, 0.6) is 0 Å². The summed E-state index contributed by atoms with van der Waals surface area (Å²) in [6, 6.07) is 0. The summed E-state index contributed by atoms with van der Waals surface area (Å²) in [5, 5.41) is 0. The molecule has 0 aliphatic carbocycles. The zero-order chi connectivity index (χ0) is 17.7. The molecule has 0 nitrogen and oxygen atoms in total. The number of halogens is 14. The summed E-state index contributed by atoms with van der Waals surface area (Å²) in [6.45, 7) is 0. The van der Waals surface area contributed by atoms with Crippen molar-refractivity contribution < 1.29 is 61.5 Å². The fourth-order valence-electron chi connectivity index (χ4n) is 0.886. The Labute approximate surface area is 105 Å². The smallest absolute Gasteiger partial charge is 0.237 e. The quantitative estimate of drug-likeness (QED) is 0.644. The minimum Gasteiger partial charge on any atom is -0.237 e. The van der Waals surface area contributed by atoms with Crippen LogP contribution in [0.2, 0.25) is 0 Å². The van der Waals surface area contributed by atoms with Crippen molar-refractivity contribution in [1.29, 1.82) is 0 Å².